The summed E-state index contributed by atoms with van der Waals surface area (Å²) in [6.07, 6.45) is 2.36. The average molecular weight is 402 g/mol. The average Bonchev–Trinajstić information content (AvgIpc) is 3.31. The van der Waals surface area contributed by atoms with Crippen LogP contribution in [0, 0.1) is 6.92 Å². The number of fused-ring (bicyclic) bond motifs is 2. The molecule has 6 nitrogen and oxygen atoms in total. The van der Waals surface area contributed by atoms with Crippen molar-refractivity contribution in [3.8, 4) is 0 Å². The van der Waals surface area contributed by atoms with E-state index in [0.29, 0.717) is 18.8 Å². The van der Waals surface area contributed by atoms with E-state index in [1.165, 1.54) is 10.9 Å². The monoisotopic (exact) mass is 402 g/mol. The van der Waals surface area contributed by atoms with Crippen molar-refractivity contribution in [1.29, 1.82) is 0 Å². The zero-order valence-electron chi connectivity index (χ0n) is 17.4. The van der Waals surface area contributed by atoms with Crippen molar-refractivity contribution in [2.45, 2.75) is 39.2 Å². The molecule has 6 heteroatoms. The van der Waals surface area contributed by atoms with E-state index >= 15 is 0 Å². The molecule has 0 atom stereocenters. The lowest BCUT2D eigenvalue weighted by Gasteiger charge is -2.32. The number of para-hydroxylation sites is 2. The summed E-state index contributed by atoms with van der Waals surface area (Å²) >= 11 is 0. The van der Waals surface area contributed by atoms with Crippen molar-refractivity contribution in [2.75, 3.05) is 13.1 Å². The Hall–Kier alpha value is -3.28. The van der Waals surface area contributed by atoms with Crippen LogP contribution < -0.4 is 5.69 Å². The number of aromatic nitrogens is 3. The van der Waals surface area contributed by atoms with Crippen LogP contribution in [0.4, 0.5) is 0 Å². The molecule has 1 aliphatic rings. The fraction of sp³-hybridized carbons (Fsp3) is 0.333. The summed E-state index contributed by atoms with van der Waals surface area (Å²) in [5.74, 6) is 0.0622. The molecular formula is C24H26N4O2. The number of benzene rings is 2. The van der Waals surface area contributed by atoms with E-state index in [-0.39, 0.29) is 17.6 Å². The Labute approximate surface area is 174 Å². The fourth-order valence-electron chi connectivity index (χ4n) is 4.97. The second-order valence-electron chi connectivity index (χ2n) is 8.17. The number of piperidine rings is 1. The number of hydrogen-bond acceptors (Lipinski definition) is 2. The number of aromatic amines is 2. The van der Waals surface area contributed by atoms with E-state index in [2.05, 4.69) is 29.9 Å². The van der Waals surface area contributed by atoms with Crippen LogP contribution in [0.1, 0.15) is 47.4 Å². The standard InChI is InChI=1S/C24H26N4O2/c1-3-17-21-15(2)7-6-9-19(21)25-22(17)23(29)27-13-11-16(12-14-27)28-20-10-5-4-8-18(20)26-24(28)30/h4-10,16,25H,3,11-14H2,1-2H3,(H,26,30). The summed E-state index contributed by atoms with van der Waals surface area (Å²) in [6, 6.07) is 14.0. The highest BCUT2D eigenvalue weighted by atomic mass is 16.2. The molecule has 0 saturated carbocycles. The Morgan fingerprint density at radius 2 is 1.77 bits per heavy atom. The van der Waals surface area contributed by atoms with Gasteiger partial charge < -0.3 is 14.9 Å². The summed E-state index contributed by atoms with van der Waals surface area (Å²) in [7, 11) is 0. The van der Waals surface area contributed by atoms with Gasteiger partial charge in [-0.25, -0.2) is 4.79 Å². The summed E-state index contributed by atoms with van der Waals surface area (Å²) in [5, 5.41) is 1.17. The smallest absolute Gasteiger partial charge is 0.326 e. The Morgan fingerprint density at radius 1 is 1.03 bits per heavy atom. The van der Waals surface area contributed by atoms with Gasteiger partial charge in [-0.05, 0) is 55.5 Å². The Balaban J connectivity index is 1.40. The number of aryl methyl sites for hydroxylation is 2. The molecule has 1 aliphatic heterocycles. The van der Waals surface area contributed by atoms with Gasteiger partial charge in [-0.2, -0.15) is 0 Å². The number of H-pyrrole nitrogens is 2. The largest absolute Gasteiger partial charge is 0.350 e. The van der Waals surface area contributed by atoms with Gasteiger partial charge in [0.05, 0.1) is 11.0 Å². The van der Waals surface area contributed by atoms with Crippen LogP contribution >= 0.6 is 0 Å². The second-order valence-corrected chi connectivity index (χ2v) is 8.17. The second kappa shape index (κ2) is 7.20. The number of carbonyl (C=O) groups is 1. The maximum absolute atomic E-state index is 13.4. The number of hydrogen-bond donors (Lipinski definition) is 2. The number of amides is 1. The molecule has 0 bridgehead atoms. The van der Waals surface area contributed by atoms with Gasteiger partial charge in [0.1, 0.15) is 5.69 Å². The third-order valence-electron chi connectivity index (χ3n) is 6.44. The maximum atomic E-state index is 13.4. The van der Waals surface area contributed by atoms with Crippen molar-refractivity contribution in [3.63, 3.8) is 0 Å². The summed E-state index contributed by atoms with van der Waals surface area (Å²) in [5.41, 5.74) is 5.76. The van der Waals surface area contributed by atoms with Gasteiger partial charge in [0.15, 0.2) is 0 Å². The highest BCUT2D eigenvalue weighted by Crippen LogP contribution is 2.29. The first kappa shape index (κ1) is 18.7. The molecule has 2 aromatic heterocycles. The van der Waals surface area contributed by atoms with Gasteiger partial charge in [-0.1, -0.05) is 31.2 Å². The molecule has 2 N–H and O–H groups in total. The van der Waals surface area contributed by atoms with E-state index in [0.717, 1.165) is 41.4 Å². The first-order chi connectivity index (χ1) is 14.6. The zero-order valence-corrected chi connectivity index (χ0v) is 17.4. The normalized spacial score (nSPS) is 15.3. The van der Waals surface area contributed by atoms with Crippen molar-refractivity contribution in [2.24, 2.45) is 0 Å². The van der Waals surface area contributed by atoms with Crippen molar-refractivity contribution in [3.05, 3.63) is 69.8 Å². The topological polar surface area (TPSA) is 73.9 Å². The summed E-state index contributed by atoms with van der Waals surface area (Å²) in [4.78, 5) is 34.1. The third-order valence-corrected chi connectivity index (χ3v) is 6.44. The van der Waals surface area contributed by atoms with Crippen molar-refractivity contribution in [1.82, 2.24) is 19.4 Å². The Bertz CT molecular complexity index is 1300. The van der Waals surface area contributed by atoms with Gasteiger partial charge in [0, 0.05) is 30.0 Å². The number of nitrogens with one attached hydrogen (secondary N) is 2. The lowest BCUT2D eigenvalue weighted by atomic mass is 10.0. The van der Waals surface area contributed by atoms with Gasteiger partial charge in [0.2, 0.25) is 0 Å². The van der Waals surface area contributed by atoms with Crippen LogP contribution in [0.15, 0.2) is 47.3 Å². The van der Waals surface area contributed by atoms with Gasteiger partial charge in [0.25, 0.3) is 5.91 Å². The van der Waals surface area contributed by atoms with E-state index in [9.17, 15) is 9.59 Å². The number of imidazole rings is 1. The third kappa shape index (κ3) is 2.86. The number of likely N-dealkylation sites (tertiary alicyclic amines) is 1. The molecule has 1 amide bonds. The molecule has 1 saturated heterocycles. The quantitative estimate of drug-likeness (QED) is 0.540. The molecule has 30 heavy (non-hydrogen) atoms. The van der Waals surface area contributed by atoms with E-state index in [1.54, 1.807) is 0 Å². The SMILES string of the molecule is CCc1c(C(=O)N2CCC(n3c(=O)[nH]c4ccccc43)CC2)[nH]c2cccc(C)c12. The van der Waals surface area contributed by atoms with Crippen LogP contribution in [0.2, 0.25) is 0 Å². The zero-order chi connectivity index (χ0) is 20.8. The van der Waals surface area contributed by atoms with Crippen LogP contribution in [0.25, 0.3) is 21.9 Å². The molecule has 1 fully saturated rings. The predicted octanol–water partition coefficient (Wildman–Crippen LogP) is 4.16. The minimum absolute atomic E-state index is 0.0622. The molecule has 0 spiro atoms. The molecule has 2 aromatic carbocycles. The Morgan fingerprint density at radius 3 is 2.53 bits per heavy atom. The molecule has 0 radical (unpaired) electrons. The molecule has 3 heterocycles. The minimum Gasteiger partial charge on any atom is -0.350 e. The van der Waals surface area contributed by atoms with Gasteiger partial charge in [-0.3, -0.25) is 9.36 Å². The van der Waals surface area contributed by atoms with Crippen LogP contribution in [-0.4, -0.2) is 38.4 Å². The molecule has 154 valence electrons. The summed E-state index contributed by atoms with van der Waals surface area (Å²) < 4.78 is 1.86. The molecule has 0 unspecified atom stereocenters. The highest BCUT2D eigenvalue weighted by Gasteiger charge is 2.29. The number of nitrogens with zero attached hydrogens (tertiary/aromatic N) is 2. The maximum Gasteiger partial charge on any atom is 0.326 e. The van der Waals surface area contributed by atoms with Crippen LogP contribution in [0.3, 0.4) is 0 Å². The van der Waals surface area contributed by atoms with Gasteiger partial charge >= 0.3 is 5.69 Å². The molecular weight excluding hydrogens is 376 g/mol. The molecule has 4 aromatic rings. The van der Waals surface area contributed by atoms with Gasteiger partial charge in [-0.15, -0.1) is 0 Å². The first-order valence-corrected chi connectivity index (χ1v) is 10.7. The van der Waals surface area contributed by atoms with E-state index in [4.69, 9.17) is 0 Å². The minimum atomic E-state index is -0.0691. The number of carbonyl (C=O) groups excluding carboxylic acids is 1. The highest BCUT2D eigenvalue weighted by molar-refractivity contribution is 6.02. The lowest BCUT2D eigenvalue weighted by molar-refractivity contribution is 0.0689. The van der Waals surface area contributed by atoms with Crippen LogP contribution in [-0.2, 0) is 6.42 Å². The molecule has 0 aliphatic carbocycles. The summed E-state index contributed by atoms with van der Waals surface area (Å²) in [6.45, 7) is 5.48. The molecule has 5 rings (SSSR count). The Kier molecular flexibility index (Phi) is 4.50. The van der Waals surface area contributed by atoms with E-state index < -0.39 is 0 Å². The van der Waals surface area contributed by atoms with Crippen LogP contribution in [0.5, 0.6) is 0 Å². The van der Waals surface area contributed by atoms with Crippen molar-refractivity contribution < 1.29 is 4.79 Å². The first-order valence-electron chi connectivity index (χ1n) is 10.7. The fourth-order valence-corrected chi connectivity index (χ4v) is 4.97. The van der Waals surface area contributed by atoms with Crippen molar-refractivity contribution >= 4 is 27.8 Å². The predicted molar refractivity (Wildman–Crippen MR) is 119 cm³/mol. The lowest BCUT2D eigenvalue weighted by Crippen LogP contribution is -2.40. The number of rotatable bonds is 3. The van der Waals surface area contributed by atoms with E-state index in [1.807, 2.05) is 45.9 Å².